The summed E-state index contributed by atoms with van der Waals surface area (Å²) in [4.78, 5) is 10.7. The van der Waals surface area contributed by atoms with Crippen LogP contribution in [0.4, 0.5) is 0 Å². The molecule has 0 aliphatic rings. The van der Waals surface area contributed by atoms with Crippen molar-refractivity contribution in [2.75, 3.05) is 21.3 Å². The van der Waals surface area contributed by atoms with E-state index in [9.17, 15) is 4.79 Å². The fourth-order valence-corrected chi connectivity index (χ4v) is 2.88. The van der Waals surface area contributed by atoms with E-state index < -0.39 is 14.5 Å². The maximum atomic E-state index is 10.7. The van der Waals surface area contributed by atoms with Crippen LogP contribution < -0.4 is 0 Å². The Morgan fingerprint density at radius 3 is 1.71 bits per heavy atom. The fourth-order valence-electron chi connectivity index (χ4n) is 1.07. The summed E-state index contributed by atoms with van der Waals surface area (Å²) in [6, 6.07) is 0. The van der Waals surface area contributed by atoms with Crippen LogP contribution in [0.3, 0.4) is 0 Å². The van der Waals surface area contributed by atoms with E-state index in [0.29, 0.717) is 0 Å². The van der Waals surface area contributed by atoms with E-state index in [1.807, 2.05) is 0 Å². The standard InChI is InChI=1S/C7H16O5Si.H4Si/c1-6(8)12-7(2)13(9-3,10-4)11-5;/h7H,1-5H3;1H4. The zero-order valence-corrected chi connectivity index (χ0v) is 9.62. The minimum Gasteiger partial charge on any atom is -0.458 e. The minimum absolute atomic E-state index is 0. The van der Waals surface area contributed by atoms with Gasteiger partial charge >= 0.3 is 14.8 Å². The topological polar surface area (TPSA) is 54.0 Å². The molecule has 5 nitrogen and oxygen atoms in total. The van der Waals surface area contributed by atoms with Crippen molar-refractivity contribution in [2.24, 2.45) is 0 Å². The van der Waals surface area contributed by atoms with Crippen LogP contribution in [-0.2, 0) is 22.8 Å². The Balaban J connectivity index is 0. The lowest BCUT2D eigenvalue weighted by atomic mass is 10.8. The van der Waals surface area contributed by atoms with Gasteiger partial charge in [-0.2, -0.15) is 0 Å². The van der Waals surface area contributed by atoms with Gasteiger partial charge in [-0.3, -0.25) is 4.79 Å². The van der Waals surface area contributed by atoms with Crippen LogP contribution in [0.1, 0.15) is 13.8 Å². The Morgan fingerprint density at radius 2 is 1.50 bits per heavy atom. The maximum absolute atomic E-state index is 10.7. The molecule has 0 aromatic rings. The smallest absolute Gasteiger partial charge is 0.458 e. The predicted octanol–water partition coefficient (Wildman–Crippen LogP) is -1.10. The molecule has 0 heterocycles. The molecule has 0 radical (unpaired) electrons. The molecule has 1 atom stereocenters. The van der Waals surface area contributed by atoms with Gasteiger partial charge in [0.15, 0.2) is 5.73 Å². The maximum Gasteiger partial charge on any atom is 0.542 e. The van der Waals surface area contributed by atoms with Gasteiger partial charge < -0.3 is 18.0 Å². The Labute approximate surface area is 90.1 Å². The number of ether oxygens (including phenoxy) is 1. The van der Waals surface area contributed by atoms with Crippen molar-refractivity contribution in [3.63, 3.8) is 0 Å². The summed E-state index contributed by atoms with van der Waals surface area (Å²) >= 11 is 0. The Morgan fingerprint density at radius 1 is 1.14 bits per heavy atom. The van der Waals surface area contributed by atoms with Gasteiger partial charge in [0.1, 0.15) is 0 Å². The lowest BCUT2D eigenvalue weighted by molar-refractivity contribution is -0.145. The van der Waals surface area contributed by atoms with E-state index in [0.717, 1.165) is 0 Å². The zero-order chi connectivity index (χ0) is 10.5. The van der Waals surface area contributed by atoms with Gasteiger partial charge in [0.05, 0.1) is 0 Å². The molecule has 86 valence electrons. The molecule has 0 spiro atoms. The molecule has 0 fully saturated rings. The van der Waals surface area contributed by atoms with E-state index in [-0.39, 0.29) is 16.9 Å². The molecule has 0 saturated heterocycles. The van der Waals surface area contributed by atoms with Gasteiger partial charge in [0.2, 0.25) is 0 Å². The van der Waals surface area contributed by atoms with E-state index in [2.05, 4.69) is 0 Å². The van der Waals surface area contributed by atoms with Gasteiger partial charge in [0.25, 0.3) is 0 Å². The van der Waals surface area contributed by atoms with Gasteiger partial charge in [0, 0.05) is 28.3 Å². The first-order valence-electron chi connectivity index (χ1n) is 3.85. The summed E-state index contributed by atoms with van der Waals surface area (Å²) in [5, 5.41) is 0. The summed E-state index contributed by atoms with van der Waals surface area (Å²) in [7, 11) is 1.59. The SMILES string of the molecule is CO[Si](OC)(OC)C(C)OC(C)=O.[SiH4]. The molecule has 0 aromatic heterocycles. The second-order valence-electron chi connectivity index (χ2n) is 2.47. The molecule has 0 saturated carbocycles. The van der Waals surface area contributed by atoms with Crippen LogP contribution in [0.2, 0.25) is 0 Å². The Hall–Kier alpha value is -0.216. The number of esters is 1. The Bertz CT molecular complexity index is 163. The van der Waals surface area contributed by atoms with Crippen LogP contribution in [0.25, 0.3) is 0 Å². The van der Waals surface area contributed by atoms with Crippen LogP contribution in [0.15, 0.2) is 0 Å². The second kappa shape index (κ2) is 7.13. The molecule has 14 heavy (non-hydrogen) atoms. The van der Waals surface area contributed by atoms with Crippen LogP contribution in [-0.4, -0.2) is 52.8 Å². The first-order chi connectivity index (χ1) is 6.02. The third kappa shape index (κ3) is 3.88. The summed E-state index contributed by atoms with van der Waals surface area (Å²) in [6.07, 6.45) is 0. The van der Waals surface area contributed by atoms with Gasteiger partial charge in [-0.15, -0.1) is 0 Å². The van der Waals surface area contributed by atoms with Gasteiger partial charge in [-0.1, -0.05) is 0 Å². The molecule has 0 bridgehead atoms. The predicted molar refractivity (Wildman–Crippen MR) is 59.3 cm³/mol. The molecule has 0 N–H and O–H groups in total. The second-order valence-corrected chi connectivity index (χ2v) is 5.71. The van der Waals surface area contributed by atoms with Crippen LogP contribution in [0, 0.1) is 0 Å². The average Bonchev–Trinajstić information content (AvgIpc) is 2.07. The number of carbonyl (C=O) groups excluding carboxylic acids is 1. The summed E-state index contributed by atoms with van der Waals surface area (Å²) in [5.41, 5.74) is -0.495. The van der Waals surface area contributed by atoms with E-state index in [1.165, 1.54) is 28.3 Å². The molecule has 7 heteroatoms. The third-order valence-electron chi connectivity index (χ3n) is 1.69. The van der Waals surface area contributed by atoms with Gasteiger partial charge in [-0.25, -0.2) is 0 Å². The number of rotatable bonds is 5. The highest BCUT2D eigenvalue weighted by Gasteiger charge is 2.47. The molecule has 0 aliphatic heterocycles. The Kier molecular flexibility index (Phi) is 8.26. The van der Waals surface area contributed by atoms with Crippen LogP contribution >= 0.6 is 0 Å². The normalized spacial score (nSPS) is 12.9. The molecular weight excluding hydrogens is 220 g/mol. The summed E-state index contributed by atoms with van der Waals surface area (Å²) < 4.78 is 20.3. The van der Waals surface area contributed by atoms with Crippen molar-refractivity contribution in [3.8, 4) is 0 Å². The monoisotopic (exact) mass is 240 g/mol. The van der Waals surface area contributed by atoms with E-state index >= 15 is 0 Å². The fraction of sp³-hybridized carbons (Fsp3) is 0.857. The van der Waals surface area contributed by atoms with Crippen molar-refractivity contribution in [3.05, 3.63) is 0 Å². The number of carbonyl (C=O) groups is 1. The zero-order valence-electron chi connectivity index (χ0n) is 8.62. The highest BCUT2D eigenvalue weighted by atomic mass is 28.4. The number of hydrogen-bond donors (Lipinski definition) is 0. The third-order valence-corrected chi connectivity index (χ3v) is 4.51. The summed E-state index contributed by atoms with van der Waals surface area (Å²) in [6.45, 7) is 3.01. The van der Waals surface area contributed by atoms with Crippen molar-refractivity contribution >= 4 is 25.7 Å². The molecule has 1 unspecified atom stereocenters. The molecule has 0 aromatic carbocycles. The highest BCUT2D eigenvalue weighted by molar-refractivity contribution is 6.62. The van der Waals surface area contributed by atoms with E-state index in [1.54, 1.807) is 6.92 Å². The summed E-state index contributed by atoms with van der Waals surface area (Å²) in [5.74, 6) is -0.379. The molecule has 0 amide bonds. The van der Waals surface area contributed by atoms with Crippen molar-refractivity contribution in [2.45, 2.75) is 19.6 Å². The lowest BCUT2D eigenvalue weighted by Gasteiger charge is -2.29. The average molecular weight is 240 g/mol. The van der Waals surface area contributed by atoms with Crippen molar-refractivity contribution < 1.29 is 22.8 Å². The quantitative estimate of drug-likeness (QED) is 0.451. The molecular formula is C7H20O5Si2. The highest BCUT2D eigenvalue weighted by Crippen LogP contribution is 2.14. The van der Waals surface area contributed by atoms with E-state index in [4.69, 9.17) is 18.0 Å². The molecule has 0 rings (SSSR count). The van der Waals surface area contributed by atoms with Crippen molar-refractivity contribution in [1.82, 2.24) is 0 Å². The minimum atomic E-state index is -2.83. The van der Waals surface area contributed by atoms with Gasteiger partial charge in [-0.05, 0) is 17.9 Å². The van der Waals surface area contributed by atoms with Crippen molar-refractivity contribution in [1.29, 1.82) is 0 Å². The lowest BCUT2D eigenvalue weighted by Crippen LogP contribution is -2.54. The number of hydrogen-bond acceptors (Lipinski definition) is 5. The molecule has 0 aliphatic carbocycles. The van der Waals surface area contributed by atoms with Crippen LogP contribution in [0.5, 0.6) is 0 Å². The largest absolute Gasteiger partial charge is 0.542 e. The first kappa shape index (κ1) is 16.2. The first-order valence-corrected chi connectivity index (χ1v) is 5.65.